The zero-order valence-electron chi connectivity index (χ0n) is 12.6. The summed E-state index contributed by atoms with van der Waals surface area (Å²) >= 11 is 1.43. The number of nitrogens with zero attached hydrogens (tertiary/aromatic N) is 2. The molecule has 0 fully saturated rings. The van der Waals surface area contributed by atoms with E-state index < -0.39 is 15.7 Å². The van der Waals surface area contributed by atoms with Gasteiger partial charge in [-0.15, -0.1) is 0 Å². The molecule has 3 rings (SSSR count). The second-order valence-electron chi connectivity index (χ2n) is 5.12. The smallest absolute Gasteiger partial charge is 0.279 e. The molecule has 0 aliphatic rings. The molecule has 0 saturated heterocycles. The highest BCUT2D eigenvalue weighted by Gasteiger charge is 2.10. The van der Waals surface area contributed by atoms with Crippen LogP contribution in [0.1, 0.15) is 10.4 Å². The van der Waals surface area contributed by atoms with E-state index in [1.807, 2.05) is 35.9 Å². The average molecular weight is 346 g/mol. The number of carbonyl (C=O) groups is 1. The first-order valence-corrected chi connectivity index (χ1v) is 9.51. The molecule has 0 saturated carbocycles. The second-order valence-corrected chi connectivity index (χ2v) is 8.15. The van der Waals surface area contributed by atoms with Gasteiger partial charge in [-0.05, 0) is 36.4 Å². The van der Waals surface area contributed by atoms with E-state index >= 15 is 0 Å². The molecule has 23 heavy (non-hydrogen) atoms. The highest BCUT2D eigenvalue weighted by molar-refractivity contribution is 7.90. The zero-order chi connectivity index (χ0) is 16.6. The first-order chi connectivity index (χ1) is 10.9. The minimum absolute atomic E-state index is 0.182. The molecule has 0 aliphatic carbocycles. The predicted molar refractivity (Wildman–Crippen MR) is 90.2 cm³/mol. The lowest BCUT2D eigenvalue weighted by molar-refractivity contribution is 0.0998. The van der Waals surface area contributed by atoms with Crippen molar-refractivity contribution >= 4 is 37.3 Å². The molecule has 0 unspecified atom stereocenters. The van der Waals surface area contributed by atoms with Gasteiger partial charge in [0.05, 0.1) is 15.1 Å². The van der Waals surface area contributed by atoms with Crippen molar-refractivity contribution in [2.45, 2.75) is 4.90 Å². The molecule has 2 aromatic carbocycles. The summed E-state index contributed by atoms with van der Waals surface area (Å²) in [6.07, 6.45) is 1.13. The van der Waals surface area contributed by atoms with Gasteiger partial charge in [-0.1, -0.05) is 23.5 Å². The molecule has 0 bridgehead atoms. The van der Waals surface area contributed by atoms with Crippen molar-refractivity contribution in [2.24, 2.45) is 12.0 Å². The number of sulfone groups is 1. The monoisotopic (exact) mass is 346 g/mol. The Bertz CT molecular complexity index is 1060. The van der Waals surface area contributed by atoms with Gasteiger partial charge in [0, 0.05) is 18.9 Å². The molecule has 7 heteroatoms. The van der Waals surface area contributed by atoms with Crippen LogP contribution in [-0.2, 0) is 16.9 Å². The Morgan fingerprint density at radius 3 is 2.35 bits per heavy atom. The number of thiazole rings is 1. The van der Waals surface area contributed by atoms with Crippen molar-refractivity contribution in [3.05, 3.63) is 58.9 Å². The third kappa shape index (κ3) is 3.11. The Hall–Kier alpha value is -2.25. The van der Waals surface area contributed by atoms with Crippen molar-refractivity contribution in [3.8, 4) is 0 Å². The molecule has 0 atom stereocenters. The second kappa shape index (κ2) is 5.75. The lowest BCUT2D eigenvalue weighted by Gasteiger charge is -1.99. The van der Waals surface area contributed by atoms with Gasteiger partial charge >= 0.3 is 0 Å². The fourth-order valence-corrected chi connectivity index (χ4v) is 3.83. The molecule has 1 amide bonds. The summed E-state index contributed by atoms with van der Waals surface area (Å²) in [6, 6.07) is 13.6. The van der Waals surface area contributed by atoms with Gasteiger partial charge < -0.3 is 4.57 Å². The first kappa shape index (κ1) is 15.6. The fourth-order valence-electron chi connectivity index (χ4n) is 2.18. The van der Waals surface area contributed by atoms with E-state index in [1.54, 1.807) is 0 Å². The predicted octanol–water partition coefficient (Wildman–Crippen LogP) is 2.38. The lowest BCUT2D eigenvalue weighted by Crippen LogP contribution is -2.13. The summed E-state index contributed by atoms with van der Waals surface area (Å²) in [7, 11) is -1.41. The van der Waals surface area contributed by atoms with Crippen LogP contribution < -0.4 is 4.80 Å². The quantitative estimate of drug-likeness (QED) is 0.715. The van der Waals surface area contributed by atoms with Crippen molar-refractivity contribution in [3.63, 3.8) is 0 Å². The first-order valence-electron chi connectivity index (χ1n) is 6.80. The van der Waals surface area contributed by atoms with E-state index in [-0.39, 0.29) is 4.90 Å². The van der Waals surface area contributed by atoms with Crippen LogP contribution in [0.25, 0.3) is 10.2 Å². The van der Waals surface area contributed by atoms with Crippen LogP contribution in [0.4, 0.5) is 0 Å². The fraction of sp³-hybridized carbons (Fsp3) is 0.125. The maximum absolute atomic E-state index is 12.3. The van der Waals surface area contributed by atoms with E-state index in [4.69, 9.17) is 0 Å². The maximum atomic E-state index is 12.3. The number of para-hydroxylation sites is 1. The Kier molecular flexibility index (Phi) is 3.91. The molecule has 118 valence electrons. The Morgan fingerprint density at radius 2 is 1.74 bits per heavy atom. The Balaban J connectivity index is 2.01. The summed E-state index contributed by atoms with van der Waals surface area (Å²) in [5, 5.41) is 0. The van der Waals surface area contributed by atoms with Crippen LogP contribution in [0.5, 0.6) is 0 Å². The normalized spacial score (nSPS) is 12.7. The van der Waals surface area contributed by atoms with Crippen molar-refractivity contribution < 1.29 is 13.2 Å². The third-order valence-electron chi connectivity index (χ3n) is 3.44. The Labute approximate surface area is 137 Å². The molecular formula is C16H14N2O3S2. The maximum Gasteiger partial charge on any atom is 0.279 e. The van der Waals surface area contributed by atoms with Crippen LogP contribution >= 0.6 is 11.3 Å². The van der Waals surface area contributed by atoms with Crippen LogP contribution in [-0.4, -0.2) is 25.1 Å². The van der Waals surface area contributed by atoms with Crippen molar-refractivity contribution in [2.75, 3.05) is 6.26 Å². The largest absolute Gasteiger partial charge is 0.319 e. The molecular weight excluding hydrogens is 332 g/mol. The van der Waals surface area contributed by atoms with E-state index in [2.05, 4.69) is 4.99 Å². The van der Waals surface area contributed by atoms with E-state index in [0.717, 1.165) is 16.5 Å². The summed E-state index contributed by atoms with van der Waals surface area (Å²) in [5.41, 5.74) is 1.37. The van der Waals surface area contributed by atoms with E-state index in [0.29, 0.717) is 10.4 Å². The summed E-state index contributed by atoms with van der Waals surface area (Å²) in [6.45, 7) is 0. The molecule has 5 nitrogen and oxygen atoms in total. The highest BCUT2D eigenvalue weighted by atomic mass is 32.2. The van der Waals surface area contributed by atoms with Gasteiger partial charge in [0.15, 0.2) is 14.6 Å². The van der Waals surface area contributed by atoms with E-state index in [1.165, 1.54) is 35.6 Å². The van der Waals surface area contributed by atoms with Gasteiger partial charge in [-0.3, -0.25) is 4.79 Å². The number of hydrogen-bond acceptors (Lipinski definition) is 4. The lowest BCUT2D eigenvalue weighted by atomic mass is 10.2. The minimum Gasteiger partial charge on any atom is -0.319 e. The molecule has 3 aromatic rings. The topological polar surface area (TPSA) is 68.5 Å². The zero-order valence-corrected chi connectivity index (χ0v) is 14.2. The van der Waals surface area contributed by atoms with Crippen LogP contribution in [0.3, 0.4) is 0 Å². The summed E-state index contributed by atoms with van der Waals surface area (Å²) in [5.74, 6) is -0.396. The number of fused-ring (bicyclic) bond motifs is 1. The van der Waals surface area contributed by atoms with Gasteiger partial charge in [-0.25, -0.2) is 8.42 Å². The number of benzene rings is 2. The summed E-state index contributed by atoms with van der Waals surface area (Å²) in [4.78, 5) is 17.2. The summed E-state index contributed by atoms with van der Waals surface area (Å²) < 4.78 is 25.8. The molecule has 0 aliphatic heterocycles. The van der Waals surface area contributed by atoms with Crippen molar-refractivity contribution in [1.29, 1.82) is 0 Å². The van der Waals surface area contributed by atoms with E-state index in [9.17, 15) is 13.2 Å². The Morgan fingerprint density at radius 1 is 1.09 bits per heavy atom. The van der Waals surface area contributed by atoms with Gasteiger partial charge in [0.1, 0.15) is 0 Å². The number of carbonyl (C=O) groups excluding carboxylic acids is 1. The van der Waals surface area contributed by atoms with Crippen LogP contribution in [0.15, 0.2) is 58.4 Å². The highest BCUT2D eigenvalue weighted by Crippen LogP contribution is 2.16. The van der Waals surface area contributed by atoms with Gasteiger partial charge in [0.25, 0.3) is 5.91 Å². The molecule has 0 radical (unpaired) electrons. The SMILES string of the molecule is Cn1c(=NC(=O)c2ccc(S(C)(=O)=O)cc2)sc2ccccc21. The van der Waals surface area contributed by atoms with Gasteiger partial charge in [0.2, 0.25) is 0 Å². The molecule has 0 spiro atoms. The number of aryl methyl sites for hydroxylation is 1. The van der Waals surface area contributed by atoms with Crippen LogP contribution in [0.2, 0.25) is 0 Å². The number of amides is 1. The molecule has 1 heterocycles. The third-order valence-corrected chi connectivity index (χ3v) is 5.68. The minimum atomic E-state index is -3.27. The van der Waals surface area contributed by atoms with Crippen molar-refractivity contribution in [1.82, 2.24) is 4.57 Å². The number of rotatable bonds is 2. The number of aromatic nitrogens is 1. The standard InChI is InChI=1S/C16H14N2O3S2/c1-18-13-5-3-4-6-14(13)22-16(18)17-15(19)11-7-9-12(10-8-11)23(2,20)21/h3-10H,1-2H3. The molecule has 0 N–H and O–H groups in total. The number of hydrogen-bond donors (Lipinski definition) is 0. The molecule has 1 aromatic heterocycles. The van der Waals surface area contributed by atoms with Crippen LogP contribution in [0, 0.1) is 0 Å². The van der Waals surface area contributed by atoms with Gasteiger partial charge in [-0.2, -0.15) is 4.99 Å². The average Bonchev–Trinajstić information content (AvgIpc) is 2.83.